The van der Waals surface area contributed by atoms with E-state index in [0.717, 1.165) is 21.8 Å². The number of imidazole rings is 1. The molecular formula is C25H28ClN10O7S2+. The van der Waals surface area contributed by atoms with Crippen molar-refractivity contribution in [2.75, 3.05) is 30.8 Å². The third-order valence-corrected chi connectivity index (χ3v) is 9.39. The van der Waals surface area contributed by atoms with Gasteiger partial charge >= 0.3 is 11.9 Å². The van der Waals surface area contributed by atoms with Gasteiger partial charge in [0.25, 0.3) is 11.8 Å². The first-order chi connectivity index (χ1) is 21.4. The predicted molar refractivity (Wildman–Crippen MR) is 164 cm³/mol. The van der Waals surface area contributed by atoms with E-state index in [2.05, 4.69) is 25.8 Å². The number of anilines is 2. The second kappa shape index (κ2) is 12.9. The van der Waals surface area contributed by atoms with E-state index in [1.165, 1.54) is 18.7 Å². The Labute approximate surface area is 267 Å². The minimum atomic E-state index is -1.41. The number of likely N-dealkylation sites (N-methyl/N-ethyl adjacent to an activating group) is 1. The van der Waals surface area contributed by atoms with Gasteiger partial charge in [0.2, 0.25) is 12.1 Å². The number of rotatable bonds is 12. The van der Waals surface area contributed by atoms with Gasteiger partial charge < -0.3 is 41.7 Å². The highest BCUT2D eigenvalue weighted by Gasteiger charge is 2.55. The smallest absolute Gasteiger partial charge is 0.352 e. The first-order valence-corrected chi connectivity index (χ1v) is 15.5. The van der Waals surface area contributed by atoms with Gasteiger partial charge in [-0.05, 0) is 14.0 Å². The van der Waals surface area contributed by atoms with E-state index >= 15 is 0 Å². The largest absolute Gasteiger partial charge is 0.478 e. The number of carboxylic acid groups (broad SMARTS) is 2. The van der Waals surface area contributed by atoms with Crippen molar-refractivity contribution in [2.45, 2.75) is 37.5 Å². The fourth-order valence-electron chi connectivity index (χ4n) is 4.76. The summed E-state index contributed by atoms with van der Waals surface area (Å²) >= 11 is 8.29. The van der Waals surface area contributed by atoms with Crippen LogP contribution in [-0.2, 0) is 37.1 Å². The zero-order valence-corrected chi connectivity index (χ0v) is 26.1. The highest BCUT2D eigenvalue weighted by atomic mass is 35.5. The maximum Gasteiger partial charge on any atom is 0.352 e. The van der Waals surface area contributed by atoms with E-state index < -0.39 is 47.0 Å². The van der Waals surface area contributed by atoms with Crippen LogP contribution in [0.15, 0.2) is 34.9 Å². The van der Waals surface area contributed by atoms with Crippen molar-refractivity contribution in [1.82, 2.24) is 30.1 Å². The number of carbonyl (C=O) groups is 4. The number of oxime groups is 1. The van der Waals surface area contributed by atoms with Crippen LogP contribution in [0.25, 0.3) is 11.0 Å². The Morgan fingerprint density at radius 2 is 2.07 bits per heavy atom. The normalized spacial score (nSPS) is 18.9. The Balaban J connectivity index is 1.36. The molecule has 1 saturated heterocycles. The highest BCUT2D eigenvalue weighted by Crippen LogP contribution is 2.40. The number of pyridine rings is 1. The number of nitrogens with two attached hydrogens (primary N) is 2. The molecule has 0 aromatic carbocycles. The third-order valence-electron chi connectivity index (χ3n) is 6.96. The molecule has 2 amide bonds. The van der Waals surface area contributed by atoms with Crippen molar-refractivity contribution in [3.05, 3.63) is 39.8 Å². The summed E-state index contributed by atoms with van der Waals surface area (Å²) in [5.74, 6) is -3.62. The van der Waals surface area contributed by atoms with Crippen LogP contribution in [0.1, 0.15) is 12.6 Å². The first-order valence-electron chi connectivity index (χ1n) is 13.3. The number of carboxylic acids is 2. The van der Waals surface area contributed by atoms with Gasteiger partial charge in [-0.2, -0.15) is 4.57 Å². The molecule has 45 heavy (non-hydrogen) atoms. The second-order valence-electron chi connectivity index (χ2n) is 9.93. The molecule has 0 spiro atoms. The number of aromatic nitrogens is 4. The van der Waals surface area contributed by atoms with Crippen molar-refractivity contribution in [2.24, 2.45) is 5.16 Å². The lowest BCUT2D eigenvalue weighted by Gasteiger charge is -2.49. The number of nitrogens with one attached hydrogen (secondary N) is 2. The van der Waals surface area contributed by atoms with Gasteiger partial charge in [0.15, 0.2) is 35.3 Å². The minimum Gasteiger partial charge on any atom is -0.478 e. The third kappa shape index (κ3) is 6.23. The van der Waals surface area contributed by atoms with E-state index in [1.807, 2.05) is 17.7 Å². The predicted octanol–water partition coefficient (Wildman–Crippen LogP) is -0.550. The minimum absolute atomic E-state index is 0.00886. The van der Waals surface area contributed by atoms with Crippen LogP contribution in [0, 0.1) is 0 Å². The first kappa shape index (κ1) is 31.9. The van der Waals surface area contributed by atoms with Crippen LogP contribution in [0.4, 0.5) is 11.1 Å². The average molecular weight is 680 g/mol. The number of halogens is 1. The summed E-state index contributed by atoms with van der Waals surface area (Å²) < 4.78 is 3.63. The van der Waals surface area contributed by atoms with E-state index in [0.29, 0.717) is 30.1 Å². The molecule has 0 bridgehead atoms. The van der Waals surface area contributed by atoms with E-state index in [1.54, 1.807) is 17.0 Å². The number of amides is 2. The Kier molecular flexibility index (Phi) is 9.14. The monoisotopic (exact) mass is 679 g/mol. The zero-order valence-electron chi connectivity index (χ0n) is 23.8. The molecule has 3 aromatic heterocycles. The molecule has 238 valence electrons. The summed E-state index contributed by atoms with van der Waals surface area (Å²) in [5, 5.41) is 27.8. The lowest BCUT2D eigenvalue weighted by atomic mass is 10.0. The molecule has 0 unspecified atom stereocenters. The molecule has 5 rings (SSSR count). The second-order valence-corrected chi connectivity index (χ2v) is 12.7. The van der Waals surface area contributed by atoms with Gasteiger partial charge in [0, 0.05) is 30.5 Å². The van der Waals surface area contributed by atoms with Crippen molar-refractivity contribution in [3.63, 3.8) is 0 Å². The molecule has 5 heterocycles. The molecule has 3 aromatic rings. The number of hydrogen-bond acceptors (Lipinski definition) is 13. The molecule has 0 radical (unpaired) electrons. The number of thioether (sulfide) groups is 1. The van der Waals surface area contributed by atoms with Gasteiger partial charge in [-0.25, -0.2) is 19.6 Å². The van der Waals surface area contributed by atoms with E-state index in [9.17, 15) is 24.3 Å². The number of β-lactam (4-membered cyclic amide) rings is 1. The number of carbonyl (C=O) groups excluding carboxylic acids is 2. The summed E-state index contributed by atoms with van der Waals surface area (Å²) in [6.45, 7) is 2.69. The van der Waals surface area contributed by atoms with E-state index in [4.69, 9.17) is 33.0 Å². The number of fused-ring (bicyclic) bond motifs is 2. The average Bonchev–Trinajstić information content (AvgIpc) is 3.49. The van der Waals surface area contributed by atoms with Gasteiger partial charge in [-0.3, -0.25) is 14.5 Å². The quantitative estimate of drug-likeness (QED) is 0.0610. The lowest BCUT2D eigenvalue weighted by Crippen LogP contribution is -2.71. The summed E-state index contributed by atoms with van der Waals surface area (Å²) in [6.07, 6.45) is 2.13. The van der Waals surface area contributed by atoms with Crippen molar-refractivity contribution < 1.29 is 38.8 Å². The van der Waals surface area contributed by atoms with Gasteiger partial charge in [0.05, 0.1) is 5.52 Å². The topological polar surface area (TPSA) is 244 Å². The molecule has 8 N–H and O–H groups in total. The van der Waals surface area contributed by atoms with Crippen molar-refractivity contribution in [1.29, 1.82) is 0 Å². The molecule has 3 atom stereocenters. The fourth-order valence-corrected chi connectivity index (χ4v) is 7.03. The van der Waals surface area contributed by atoms with E-state index in [-0.39, 0.29) is 33.2 Å². The van der Waals surface area contributed by atoms with Crippen LogP contribution < -0.4 is 26.7 Å². The number of aliphatic carboxylic acids is 2. The Bertz CT molecular complexity index is 1770. The fraction of sp³-hybridized carbons (Fsp3) is 0.360. The maximum absolute atomic E-state index is 13.3. The number of hydrogen-bond donors (Lipinski definition) is 6. The molecule has 2 aliphatic rings. The Morgan fingerprint density at radius 3 is 2.71 bits per heavy atom. The molecule has 2 aliphatic heterocycles. The van der Waals surface area contributed by atoms with Gasteiger partial charge in [0.1, 0.15) is 27.1 Å². The van der Waals surface area contributed by atoms with Crippen LogP contribution in [0.2, 0.25) is 4.34 Å². The summed E-state index contributed by atoms with van der Waals surface area (Å²) in [7, 11) is 1.84. The highest BCUT2D eigenvalue weighted by molar-refractivity contribution is 8.00. The molecular weight excluding hydrogens is 652 g/mol. The lowest BCUT2D eigenvalue weighted by molar-refractivity contribution is -0.687. The maximum atomic E-state index is 13.3. The summed E-state index contributed by atoms with van der Waals surface area (Å²) in [6, 6.07) is 0.723. The molecule has 17 nitrogen and oxygen atoms in total. The SMILES string of the molecule is CNCCn1c(N)nc2c[n+](CC3=C(C(=O)O)N4C(=O)[C@@H](NC(=O)/C(=N\O[C@@H](C)C(=O)O)c5nc(N)sc5Cl)[C@H]4SC3)ccc21. The molecule has 20 heteroatoms. The van der Waals surface area contributed by atoms with Crippen LogP contribution in [0.5, 0.6) is 0 Å². The number of nitrogen functional groups attached to an aromatic ring is 2. The summed E-state index contributed by atoms with van der Waals surface area (Å²) in [4.78, 5) is 64.6. The Hall–Kier alpha value is -4.46. The van der Waals surface area contributed by atoms with Gasteiger partial charge in [-0.15, -0.1) is 11.8 Å². The van der Waals surface area contributed by atoms with Crippen LogP contribution in [0.3, 0.4) is 0 Å². The molecule has 1 fully saturated rings. The number of nitrogens with zero attached hydrogens (tertiary/aromatic N) is 6. The van der Waals surface area contributed by atoms with Crippen molar-refractivity contribution in [3.8, 4) is 0 Å². The van der Waals surface area contributed by atoms with Crippen LogP contribution >= 0.6 is 34.7 Å². The van der Waals surface area contributed by atoms with Gasteiger partial charge in [-0.1, -0.05) is 28.1 Å². The van der Waals surface area contributed by atoms with Crippen LogP contribution in [-0.4, -0.2) is 96.0 Å². The standard InChI is InChI=1S/C25H27ClN10O7S2/c1-10(22(39)40)43-33-15(14-18(26)45-25(28)32-14)19(37)31-16-20(38)36-17(23(41)42)11(9-44-21(16)36)7-34-5-3-13-12(8-34)30-24(27)35(13)6-4-29-2/h3,5,8,10,16,21,29H,4,6-7,9H2,1-2H3,(H6-,27,28,30,31,32,37,39,40,41,42)/p+1/b33-15-/t10-,16+,21+/m0/s1. The zero-order chi connectivity index (χ0) is 32.6. The summed E-state index contributed by atoms with van der Waals surface area (Å²) in [5.41, 5.74) is 12.9. The molecule has 0 saturated carbocycles. The number of thiazole rings is 1. The Morgan fingerprint density at radius 1 is 1.31 bits per heavy atom. The van der Waals surface area contributed by atoms with Crippen molar-refractivity contribution >= 4 is 86.3 Å². The molecule has 0 aliphatic carbocycles.